The summed E-state index contributed by atoms with van der Waals surface area (Å²) in [5.41, 5.74) is 1.91. The Morgan fingerprint density at radius 3 is 2.07 bits per heavy atom. The molecule has 0 aromatic rings. The van der Waals surface area contributed by atoms with Gasteiger partial charge in [-0.3, -0.25) is 14.4 Å². The van der Waals surface area contributed by atoms with E-state index in [9.17, 15) is 34.5 Å². The molecular formula is C56H87NO11. The SMILES string of the molecule is C#C.C#C.C#C.C#C.CO.CO.CO[C@H]1CCC[C@@H](CC2CCC(=O)C/C=C(\C)[C@@H](O)CC[C@H](C)CC/C=C/C=C/C=C(\C)CC[C@@H]3CC[C@@H](C)[C@@](O)(O3)C(=O)C(=O)N3CCC[C@H]2[C@H]3C(=O)O)C1. The average molecular weight is 950 g/mol. The Hall–Kier alpha value is -4.76. The highest BCUT2D eigenvalue weighted by atomic mass is 16.6. The molecule has 3 heterocycles. The van der Waals surface area contributed by atoms with Gasteiger partial charge in [-0.05, 0) is 133 Å². The fraction of sp³-hybridized carbons (Fsp3) is 0.643. The number of aliphatic carboxylic acids is 1. The predicted octanol–water partition coefficient (Wildman–Crippen LogP) is 8.27. The summed E-state index contributed by atoms with van der Waals surface area (Å²) in [7, 11) is 3.72. The molecule has 10 atom stereocenters. The summed E-state index contributed by atoms with van der Waals surface area (Å²) in [6.07, 6.45) is 55.5. The number of fused-ring (bicyclic) bond motifs is 4. The molecule has 1 amide bonds. The number of piperidine rings is 1. The smallest absolute Gasteiger partial charge is 0.326 e. The van der Waals surface area contributed by atoms with Crippen molar-refractivity contribution in [2.45, 2.75) is 173 Å². The molecule has 1 unspecified atom stereocenters. The van der Waals surface area contributed by atoms with E-state index in [4.69, 9.17) is 19.7 Å². The summed E-state index contributed by atoms with van der Waals surface area (Å²) in [4.78, 5) is 56.0. The van der Waals surface area contributed by atoms with Gasteiger partial charge in [-0.1, -0.05) is 68.7 Å². The van der Waals surface area contributed by atoms with Crippen LogP contribution in [0.25, 0.3) is 0 Å². The van der Waals surface area contributed by atoms with E-state index in [1.165, 1.54) is 4.90 Å². The fourth-order valence-electron chi connectivity index (χ4n) is 9.48. The maximum Gasteiger partial charge on any atom is 0.326 e. The molecule has 4 bridgehead atoms. The van der Waals surface area contributed by atoms with Gasteiger partial charge in [0, 0.05) is 46.6 Å². The zero-order chi connectivity index (χ0) is 52.8. The molecule has 0 aromatic carbocycles. The Labute approximate surface area is 411 Å². The van der Waals surface area contributed by atoms with Crippen LogP contribution < -0.4 is 0 Å². The number of allylic oxidation sites excluding steroid dienone is 7. The van der Waals surface area contributed by atoms with E-state index in [0.29, 0.717) is 63.7 Å². The summed E-state index contributed by atoms with van der Waals surface area (Å²) in [5, 5.41) is 47.4. The van der Waals surface area contributed by atoms with Crippen LogP contribution in [-0.2, 0) is 28.7 Å². The summed E-state index contributed by atoms with van der Waals surface area (Å²) in [6, 6.07) is -1.27. The molecule has 68 heavy (non-hydrogen) atoms. The standard InChI is InChI=1S/C46H71NO9.4C2H2.2CH4O/c1-31-13-9-7-6-8-10-14-32(2)19-27-41(49)33(3)20-23-37(48)24-22-36(29-35-15-11-16-39(30-35)55-5)40-17-12-28-47(42(40)45(52)53)44(51)43(50)46(54)34(4)21-26-38(56-46)25-18-31;6*1-2/h6-9,13,20,32,34-36,38-42,49,54H,10-12,14-19,21-30H2,1-5H3,(H,52,53);4*1-2H;2*2H,1H3/b8-6+,9-7+,31-13+,33-20+;;;;;;/t32-,34-,35+,36?,38-,39+,40-,41+,42+,46-;;;;;;/m1....../s1. The fourth-order valence-corrected chi connectivity index (χ4v) is 9.48. The first-order valence-electron chi connectivity index (χ1n) is 23.8. The van der Waals surface area contributed by atoms with Crippen LogP contribution in [0.5, 0.6) is 0 Å². The number of amides is 1. The Morgan fingerprint density at radius 2 is 1.46 bits per heavy atom. The minimum absolute atomic E-state index is 0.0227. The molecule has 12 heteroatoms. The molecule has 1 saturated carbocycles. The van der Waals surface area contributed by atoms with Crippen LogP contribution in [0.2, 0.25) is 0 Å². The Balaban J connectivity index is -0.00000325. The predicted molar refractivity (Wildman–Crippen MR) is 273 cm³/mol. The zero-order valence-electron chi connectivity index (χ0n) is 42.3. The van der Waals surface area contributed by atoms with E-state index in [-0.39, 0.29) is 43.1 Å². The molecule has 12 nitrogen and oxygen atoms in total. The number of terminal acetylenes is 4. The number of hydrogen-bond donors (Lipinski definition) is 5. The van der Waals surface area contributed by atoms with Gasteiger partial charge in [-0.2, -0.15) is 0 Å². The minimum atomic E-state index is -2.35. The van der Waals surface area contributed by atoms with Crippen molar-refractivity contribution in [1.82, 2.24) is 4.90 Å². The summed E-state index contributed by atoms with van der Waals surface area (Å²) >= 11 is 0. The van der Waals surface area contributed by atoms with Gasteiger partial charge < -0.3 is 39.9 Å². The third kappa shape index (κ3) is 23.5. The second-order valence-corrected chi connectivity index (χ2v) is 17.6. The largest absolute Gasteiger partial charge is 0.480 e. The molecule has 2 saturated heterocycles. The van der Waals surface area contributed by atoms with Crippen molar-refractivity contribution in [3.63, 3.8) is 0 Å². The summed E-state index contributed by atoms with van der Waals surface area (Å²) in [5.74, 6) is -6.20. The second-order valence-electron chi connectivity index (χ2n) is 17.6. The topological polar surface area (TPSA) is 191 Å². The number of ketones is 2. The van der Waals surface area contributed by atoms with Gasteiger partial charge in [0.2, 0.25) is 5.79 Å². The van der Waals surface area contributed by atoms with Crippen LogP contribution in [0, 0.1) is 81.0 Å². The zero-order valence-corrected chi connectivity index (χ0v) is 42.3. The third-order valence-corrected chi connectivity index (χ3v) is 13.3. The monoisotopic (exact) mass is 950 g/mol. The van der Waals surface area contributed by atoms with E-state index in [0.717, 1.165) is 70.3 Å². The number of carbonyl (C=O) groups excluding carboxylic acids is 3. The molecule has 382 valence electrons. The van der Waals surface area contributed by atoms with Gasteiger partial charge in [0.05, 0.1) is 18.3 Å². The lowest BCUT2D eigenvalue weighted by molar-refractivity contribution is -0.263. The number of carboxylic acids is 1. The number of ether oxygens (including phenoxy) is 2. The van der Waals surface area contributed by atoms with Crippen LogP contribution in [0.3, 0.4) is 0 Å². The van der Waals surface area contributed by atoms with Gasteiger partial charge in [-0.25, -0.2) is 4.79 Å². The van der Waals surface area contributed by atoms with E-state index in [1.807, 2.05) is 44.2 Å². The van der Waals surface area contributed by atoms with Crippen molar-refractivity contribution < 1.29 is 54.2 Å². The Kier molecular flexibility index (Phi) is 39.9. The van der Waals surface area contributed by atoms with Crippen LogP contribution in [0.4, 0.5) is 0 Å². The van der Waals surface area contributed by atoms with Crippen molar-refractivity contribution in [2.24, 2.45) is 29.6 Å². The van der Waals surface area contributed by atoms with E-state index in [2.05, 4.69) is 64.4 Å². The van der Waals surface area contributed by atoms with Crippen molar-refractivity contribution in [1.29, 1.82) is 0 Å². The molecule has 3 aliphatic heterocycles. The van der Waals surface area contributed by atoms with Gasteiger partial charge >= 0.3 is 5.97 Å². The van der Waals surface area contributed by atoms with Crippen molar-refractivity contribution in [3.05, 3.63) is 47.6 Å². The molecule has 0 spiro atoms. The highest BCUT2D eigenvalue weighted by molar-refractivity contribution is 6.39. The first-order chi connectivity index (χ1) is 32.7. The van der Waals surface area contributed by atoms with Crippen molar-refractivity contribution in [2.75, 3.05) is 27.9 Å². The molecule has 3 fully saturated rings. The van der Waals surface area contributed by atoms with Crippen LogP contribution >= 0.6 is 0 Å². The first-order valence-corrected chi connectivity index (χ1v) is 23.8. The third-order valence-electron chi connectivity index (χ3n) is 13.3. The molecule has 5 N–H and O–H groups in total. The van der Waals surface area contributed by atoms with Crippen LogP contribution in [0.15, 0.2) is 47.6 Å². The number of Topliss-reactive ketones (excluding diaryl/α,β-unsaturated/α-hetero) is 2. The lowest BCUT2D eigenvalue weighted by Gasteiger charge is -2.45. The number of aliphatic hydroxyl groups excluding tert-OH is 3. The van der Waals surface area contributed by atoms with Crippen molar-refractivity contribution >= 4 is 23.4 Å². The maximum absolute atomic E-state index is 14.2. The minimum Gasteiger partial charge on any atom is -0.480 e. The second kappa shape index (κ2) is 40.2. The number of carboxylic acid groups (broad SMARTS) is 1. The molecule has 4 rings (SSSR count). The quantitative estimate of drug-likeness (QED) is 0.104. The number of hydrogen-bond acceptors (Lipinski definition) is 10. The van der Waals surface area contributed by atoms with Gasteiger partial charge in [0.25, 0.3) is 11.7 Å². The summed E-state index contributed by atoms with van der Waals surface area (Å²) in [6.45, 7) is 7.89. The molecule has 1 aliphatic carbocycles. The number of methoxy groups -OCH3 is 1. The molecule has 4 aliphatic rings. The van der Waals surface area contributed by atoms with Crippen LogP contribution in [0.1, 0.15) is 143 Å². The molecule has 0 radical (unpaired) electrons. The lowest BCUT2D eigenvalue weighted by atomic mass is 9.70. The Morgan fingerprint density at radius 1 is 0.809 bits per heavy atom. The van der Waals surface area contributed by atoms with Crippen molar-refractivity contribution in [3.8, 4) is 51.4 Å². The van der Waals surface area contributed by atoms with E-state index >= 15 is 0 Å². The highest BCUT2D eigenvalue weighted by Crippen LogP contribution is 2.41. The van der Waals surface area contributed by atoms with E-state index < -0.39 is 53.5 Å². The number of rotatable bonds is 4. The number of aliphatic hydroxyl groups is 4. The summed E-state index contributed by atoms with van der Waals surface area (Å²) < 4.78 is 11.8. The average Bonchev–Trinajstić information content (AvgIpc) is 3.38. The van der Waals surface area contributed by atoms with Gasteiger partial charge in [0.1, 0.15) is 11.8 Å². The lowest BCUT2D eigenvalue weighted by Crippen LogP contribution is -2.62. The van der Waals surface area contributed by atoms with E-state index in [1.54, 1.807) is 14.0 Å². The molecular weight excluding hydrogens is 863 g/mol. The highest BCUT2D eigenvalue weighted by Gasteiger charge is 2.54. The maximum atomic E-state index is 14.2. The Bertz CT molecular complexity index is 1610. The van der Waals surface area contributed by atoms with Crippen LogP contribution in [-0.4, -0.2) is 112 Å². The first kappa shape index (κ1) is 67.5. The number of carbonyl (C=O) groups is 4. The number of nitrogens with zero attached hydrogens (tertiary/aromatic N) is 1. The van der Waals surface area contributed by atoms with Gasteiger partial charge in [-0.15, -0.1) is 51.4 Å². The molecule has 0 aromatic heterocycles. The van der Waals surface area contributed by atoms with Gasteiger partial charge in [0.15, 0.2) is 0 Å². The normalized spacial score (nSPS) is 32.2.